The Morgan fingerprint density at radius 1 is 0.905 bits per heavy atom. The number of cyclic esters (lactones) is 1. The summed E-state index contributed by atoms with van der Waals surface area (Å²) in [5.74, 6) is -9.33. The molecule has 534 valence electrons. The minimum Gasteiger partial charge on any atom is -0.456 e. The molecule has 0 spiro atoms. The van der Waals surface area contributed by atoms with Crippen molar-refractivity contribution in [1.29, 1.82) is 0 Å². The topological polar surface area (TPSA) is 290 Å². The van der Waals surface area contributed by atoms with Crippen molar-refractivity contribution in [3.8, 4) is 0 Å². The number of rotatable bonds is 19. The molecule has 1 aliphatic carbocycles. The number of ketones is 4. The van der Waals surface area contributed by atoms with E-state index < -0.39 is 124 Å². The molecular weight excluding hydrogens is 1270 g/mol. The second kappa shape index (κ2) is 39.5. The van der Waals surface area contributed by atoms with E-state index in [4.69, 9.17) is 50.1 Å². The summed E-state index contributed by atoms with van der Waals surface area (Å²) >= 11 is 5.63. The van der Waals surface area contributed by atoms with Crippen molar-refractivity contribution in [2.75, 3.05) is 47.6 Å². The number of amides is 1. The van der Waals surface area contributed by atoms with Gasteiger partial charge in [-0.15, -0.1) is 0 Å². The van der Waals surface area contributed by atoms with Gasteiger partial charge in [0.05, 0.1) is 73.7 Å². The standard InChI is InChI=1S/C70H107FN4O18S2/c1-13-22-51(77)40-59-60(74-95(84,85)34-30-71)61(73-69(94)72-14-2)68(91-59)92-63-48(8)36-44(4)37-52(78)41-57(46(6)38-50-27-29-55(58(39-50)87-11)89-33-21-20-32-76)90-67(82)54-25-18-19-31-75(54)66(81)65(80)70(83)49(9)26-28-53(93-70)42-56(86-10)45(5)24-17-15-16-23-43(3)35-47(7)62(79)64(63)88-12/h13,15-17,20-24,30,34,38,43-44,47-50,53-61,63-64,68,74,76,83H,14,18-19,25-29,31-33,35-37,39-42H2,1-12H3,(H2,72,73,94)/b17-15+,21-20+,22-13-,23-16+,34-30+,45-24+,46-38+/t43-,44-,47-,48?,49-,50+,53+,54+,55-,56+,57?,58-,59+,60+,61-,63-,64+,68+,70-/m1/s1. The van der Waals surface area contributed by atoms with Gasteiger partial charge in [-0.2, -0.15) is 0 Å². The van der Waals surface area contributed by atoms with Crippen LogP contribution in [0.15, 0.2) is 83.6 Å². The molecule has 2 bridgehead atoms. The van der Waals surface area contributed by atoms with Crippen LogP contribution >= 0.6 is 12.2 Å². The number of carbonyl (C=O) groups is 6. The van der Waals surface area contributed by atoms with Crippen LogP contribution < -0.4 is 15.4 Å². The van der Waals surface area contributed by atoms with E-state index in [1.807, 2.05) is 64.2 Å². The number of allylic oxidation sites excluding steroid dienone is 8. The van der Waals surface area contributed by atoms with Gasteiger partial charge in [0.25, 0.3) is 11.7 Å². The number of aliphatic hydroxyl groups excluding tert-OH is 1. The third-order valence-corrected chi connectivity index (χ3v) is 20.1. The fourth-order valence-electron chi connectivity index (χ4n) is 13.7. The smallest absolute Gasteiger partial charge is 0.329 e. The first kappa shape index (κ1) is 80.7. The molecule has 1 saturated carbocycles. The lowest BCUT2D eigenvalue weighted by atomic mass is 9.82. The average Bonchev–Trinajstić information content (AvgIpc) is 1.12. The van der Waals surface area contributed by atoms with Gasteiger partial charge >= 0.3 is 5.97 Å². The number of nitrogens with one attached hydrogen (secondary N) is 3. The number of thiocarbonyl (C=S) groups is 1. The van der Waals surface area contributed by atoms with Crippen LogP contribution in [-0.2, 0) is 76.7 Å². The van der Waals surface area contributed by atoms with Crippen molar-refractivity contribution >= 4 is 62.4 Å². The molecule has 5 N–H and O–H groups in total. The maximum Gasteiger partial charge on any atom is 0.329 e. The number of fused-ring (bicyclic) bond motifs is 3. The van der Waals surface area contributed by atoms with Crippen molar-refractivity contribution in [3.63, 3.8) is 0 Å². The molecule has 0 aromatic rings. The lowest BCUT2D eigenvalue weighted by Gasteiger charge is -2.42. The molecule has 0 aromatic heterocycles. The molecule has 22 nitrogen and oxygen atoms in total. The van der Waals surface area contributed by atoms with Crippen molar-refractivity contribution in [2.45, 2.75) is 231 Å². The average molecular weight is 1380 g/mol. The third kappa shape index (κ3) is 23.9. The Balaban J connectivity index is 1.59. The molecule has 4 heterocycles. The second-order valence-electron chi connectivity index (χ2n) is 26.3. The maximum absolute atomic E-state index is 15.1. The second-order valence-corrected chi connectivity index (χ2v) is 28.3. The van der Waals surface area contributed by atoms with Crippen molar-refractivity contribution in [2.24, 2.45) is 35.5 Å². The fourth-order valence-corrected chi connectivity index (χ4v) is 14.8. The van der Waals surface area contributed by atoms with Gasteiger partial charge in [-0.1, -0.05) is 89.3 Å². The Bertz CT molecular complexity index is 2900. The number of sulfonamides is 1. The molecular formula is C70H107FN4O18S2. The SMILES string of the molecule is C/C=C\C(=O)C[C@@H]1O[C@@H](O[C@@H]2C(C)C[C@@H](C)CC(=O)CC(/C(C)=C/[C@@H]3CC[C@@H](OC/C=C/CO)[C@H](OC)C3)OC(=O)[C@@H]3CCCCN3C(=O)C(=O)[C@]3(O)O[C@@H](CC[C@H]3C)C[C@H](OC)/C(C)=C/C=C/C=C/[C@@H](C)C[C@@H](C)C(=O)[C@@H]2OC)[C@H](NC(=S)NCC)[C@H]1NS(=O)(=O)/C=C/F. The van der Waals surface area contributed by atoms with Gasteiger partial charge in [-0.3, -0.25) is 24.0 Å². The van der Waals surface area contributed by atoms with Crippen LogP contribution in [0, 0.1) is 35.5 Å². The van der Waals surface area contributed by atoms with Gasteiger partial charge in [0.1, 0.15) is 24.0 Å². The summed E-state index contributed by atoms with van der Waals surface area (Å²) in [6.45, 7) is 16.8. The molecule has 2 unspecified atom stereocenters. The number of methoxy groups -OCH3 is 3. The highest BCUT2D eigenvalue weighted by Crippen LogP contribution is 2.39. The fraction of sp³-hybridized carbons (Fsp3) is 0.700. The Hall–Kier alpha value is -5.03. The molecule has 5 rings (SSSR count). The Morgan fingerprint density at radius 2 is 1.65 bits per heavy atom. The Kier molecular flexibility index (Phi) is 33.6. The zero-order valence-electron chi connectivity index (χ0n) is 57.6. The van der Waals surface area contributed by atoms with E-state index in [1.54, 1.807) is 61.0 Å². The molecule has 3 saturated heterocycles. The van der Waals surface area contributed by atoms with E-state index in [2.05, 4.69) is 15.4 Å². The number of hydrogen-bond donors (Lipinski definition) is 5. The van der Waals surface area contributed by atoms with E-state index in [-0.39, 0.29) is 105 Å². The van der Waals surface area contributed by atoms with Crippen molar-refractivity contribution in [3.05, 3.63) is 83.6 Å². The first-order chi connectivity index (χ1) is 45.2. The van der Waals surface area contributed by atoms with Crippen LogP contribution in [0.5, 0.6) is 0 Å². The molecule has 19 atom stereocenters. The van der Waals surface area contributed by atoms with Gasteiger partial charge < -0.3 is 63.6 Å². The van der Waals surface area contributed by atoms with E-state index in [1.165, 1.54) is 19.3 Å². The van der Waals surface area contributed by atoms with Crippen LogP contribution in [0.4, 0.5) is 4.39 Å². The number of halogens is 1. The summed E-state index contributed by atoms with van der Waals surface area (Å²) in [5.41, 5.74) is 1.39. The number of aliphatic hydroxyl groups is 2. The summed E-state index contributed by atoms with van der Waals surface area (Å²) in [4.78, 5) is 88.3. The van der Waals surface area contributed by atoms with Gasteiger partial charge in [-0.25, -0.2) is 22.3 Å². The van der Waals surface area contributed by atoms with E-state index >= 15 is 4.79 Å². The Morgan fingerprint density at radius 3 is 2.33 bits per heavy atom. The zero-order chi connectivity index (χ0) is 70.2. The third-order valence-electron chi connectivity index (χ3n) is 18.8. The monoisotopic (exact) mass is 1370 g/mol. The lowest BCUT2D eigenvalue weighted by molar-refractivity contribution is -0.265. The van der Waals surface area contributed by atoms with E-state index in [0.717, 1.165) is 10.5 Å². The highest BCUT2D eigenvalue weighted by Gasteiger charge is 2.54. The van der Waals surface area contributed by atoms with Crippen LogP contribution in [0.3, 0.4) is 0 Å². The predicted molar refractivity (Wildman–Crippen MR) is 361 cm³/mol. The quantitative estimate of drug-likeness (QED) is 0.0269. The van der Waals surface area contributed by atoms with Crippen molar-refractivity contribution in [1.82, 2.24) is 20.3 Å². The number of hydrogen-bond acceptors (Lipinski definition) is 19. The summed E-state index contributed by atoms with van der Waals surface area (Å²) < 4.78 is 92.9. The van der Waals surface area contributed by atoms with Crippen LogP contribution in [0.1, 0.15) is 152 Å². The minimum atomic E-state index is -4.50. The van der Waals surface area contributed by atoms with Gasteiger partial charge in [0.2, 0.25) is 15.8 Å². The molecule has 0 radical (unpaired) electrons. The predicted octanol–water partition coefficient (Wildman–Crippen LogP) is 8.01. The maximum atomic E-state index is 15.1. The zero-order valence-corrected chi connectivity index (χ0v) is 59.2. The first-order valence-corrected chi connectivity index (χ1v) is 35.6. The number of carbonyl (C=O) groups excluding carboxylic acids is 6. The molecule has 25 heteroatoms. The largest absolute Gasteiger partial charge is 0.456 e. The number of ether oxygens (including phenoxy) is 8. The number of esters is 1. The molecule has 0 aromatic carbocycles. The van der Waals surface area contributed by atoms with E-state index in [0.29, 0.717) is 68.9 Å². The molecule has 1 amide bonds. The molecule has 5 aliphatic rings. The van der Waals surface area contributed by atoms with Crippen LogP contribution in [0.25, 0.3) is 0 Å². The van der Waals surface area contributed by atoms with Gasteiger partial charge in [0, 0.05) is 71.9 Å². The highest BCUT2D eigenvalue weighted by atomic mass is 32.2. The number of piperidine rings is 1. The summed E-state index contributed by atoms with van der Waals surface area (Å²) in [6, 6.07) is -3.73. The highest BCUT2D eigenvalue weighted by molar-refractivity contribution is 7.92. The molecule has 95 heavy (non-hydrogen) atoms. The summed E-state index contributed by atoms with van der Waals surface area (Å²) in [6.07, 6.45) is 13.4. The Labute approximate surface area is 567 Å². The summed E-state index contributed by atoms with van der Waals surface area (Å²) in [7, 11) is 0.0373. The lowest BCUT2D eigenvalue weighted by Crippen LogP contribution is -2.60. The normalized spacial score (nSPS) is 35.9. The molecule has 4 aliphatic heterocycles. The van der Waals surface area contributed by atoms with Crippen LogP contribution in [0.2, 0.25) is 0 Å². The van der Waals surface area contributed by atoms with Gasteiger partial charge in [0.15, 0.2) is 23.0 Å². The number of nitrogens with zero attached hydrogens (tertiary/aromatic N) is 1. The summed E-state index contributed by atoms with van der Waals surface area (Å²) in [5, 5.41) is 27.9. The van der Waals surface area contributed by atoms with Crippen LogP contribution in [-0.4, -0.2) is 190 Å². The van der Waals surface area contributed by atoms with Gasteiger partial charge in [-0.05, 0) is 145 Å². The van der Waals surface area contributed by atoms with E-state index in [9.17, 15) is 47.0 Å². The molecule has 4 fully saturated rings. The van der Waals surface area contributed by atoms with Crippen molar-refractivity contribution < 1.29 is 89.7 Å². The number of Topliss-reactive ketones (excluding diaryl/α,β-unsaturated/α-hetero) is 3. The minimum absolute atomic E-state index is 0.0180. The first-order valence-electron chi connectivity index (χ1n) is 33.6.